The van der Waals surface area contributed by atoms with Crippen LogP contribution in [0.25, 0.3) is 0 Å². The standard InChI is InChI=1S/C20H19NO/c1-16-12-13-19(21-18-10-6-3-7-11-18)14-20(16)22-15-17-8-4-2-5-9-17/h2-14,21H,15H2,1H3. The number of ether oxygens (including phenoxy) is 1. The third-order valence-electron chi connectivity index (χ3n) is 3.49. The van der Waals surface area contributed by atoms with Gasteiger partial charge in [0.1, 0.15) is 12.4 Å². The van der Waals surface area contributed by atoms with Gasteiger partial charge in [-0.3, -0.25) is 0 Å². The summed E-state index contributed by atoms with van der Waals surface area (Å²) < 4.78 is 5.96. The molecule has 0 unspecified atom stereocenters. The highest BCUT2D eigenvalue weighted by Gasteiger charge is 2.03. The summed E-state index contributed by atoms with van der Waals surface area (Å²) in [5, 5.41) is 3.39. The molecule has 1 N–H and O–H groups in total. The van der Waals surface area contributed by atoms with Gasteiger partial charge in [-0.25, -0.2) is 0 Å². The zero-order chi connectivity index (χ0) is 15.2. The number of hydrogen-bond donors (Lipinski definition) is 1. The first kappa shape index (κ1) is 14.2. The van der Waals surface area contributed by atoms with Crippen molar-refractivity contribution >= 4 is 11.4 Å². The molecule has 2 heteroatoms. The fourth-order valence-corrected chi connectivity index (χ4v) is 2.26. The van der Waals surface area contributed by atoms with Crippen molar-refractivity contribution in [2.45, 2.75) is 13.5 Å². The Balaban J connectivity index is 1.72. The van der Waals surface area contributed by atoms with Crippen LogP contribution in [-0.2, 0) is 6.61 Å². The van der Waals surface area contributed by atoms with E-state index in [4.69, 9.17) is 4.74 Å². The van der Waals surface area contributed by atoms with Crippen LogP contribution in [0.5, 0.6) is 5.75 Å². The molecule has 3 rings (SSSR count). The van der Waals surface area contributed by atoms with Gasteiger partial charge in [-0.1, -0.05) is 54.6 Å². The van der Waals surface area contributed by atoms with E-state index in [-0.39, 0.29) is 0 Å². The molecule has 110 valence electrons. The van der Waals surface area contributed by atoms with Crippen LogP contribution >= 0.6 is 0 Å². The molecule has 0 bridgehead atoms. The minimum atomic E-state index is 0.580. The lowest BCUT2D eigenvalue weighted by Crippen LogP contribution is -1.98. The molecule has 0 radical (unpaired) electrons. The maximum atomic E-state index is 5.96. The lowest BCUT2D eigenvalue weighted by Gasteiger charge is -2.12. The van der Waals surface area contributed by atoms with Crippen LogP contribution in [0.3, 0.4) is 0 Å². The maximum Gasteiger partial charge on any atom is 0.124 e. The summed E-state index contributed by atoms with van der Waals surface area (Å²) in [7, 11) is 0. The van der Waals surface area contributed by atoms with E-state index in [0.717, 1.165) is 22.7 Å². The summed E-state index contributed by atoms with van der Waals surface area (Å²) in [6, 6.07) is 26.5. The Bertz CT molecular complexity index is 723. The number of rotatable bonds is 5. The van der Waals surface area contributed by atoms with Crippen molar-refractivity contribution in [3.05, 3.63) is 90.0 Å². The Hall–Kier alpha value is -2.74. The summed E-state index contributed by atoms with van der Waals surface area (Å²) >= 11 is 0. The molecule has 22 heavy (non-hydrogen) atoms. The second-order valence-corrected chi connectivity index (χ2v) is 5.25. The second-order valence-electron chi connectivity index (χ2n) is 5.25. The zero-order valence-electron chi connectivity index (χ0n) is 12.6. The van der Waals surface area contributed by atoms with Crippen LogP contribution in [0.1, 0.15) is 11.1 Å². The summed E-state index contributed by atoms with van der Waals surface area (Å²) in [6.45, 7) is 2.64. The van der Waals surface area contributed by atoms with Crippen molar-refractivity contribution < 1.29 is 4.74 Å². The molecule has 0 aliphatic carbocycles. The van der Waals surface area contributed by atoms with Gasteiger partial charge < -0.3 is 10.1 Å². The van der Waals surface area contributed by atoms with E-state index in [1.807, 2.05) is 54.6 Å². The summed E-state index contributed by atoms with van der Waals surface area (Å²) in [6.07, 6.45) is 0. The highest BCUT2D eigenvalue weighted by molar-refractivity contribution is 5.62. The number of para-hydroxylation sites is 1. The Morgan fingerprint density at radius 1 is 0.773 bits per heavy atom. The lowest BCUT2D eigenvalue weighted by molar-refractivity contribution is 0.304. The van der Waals surface area contributed by atoms with Crippen molar-refractivity contribution in [2.75, 3.05) is 5.32 Å². The molecule has 0 saturated carbocycles. The van der Waals surface area contributed by atoms with Gasteiger partial charge in [0, 0.05) is 17.4 Å². The van der Waals surface area contributed by atoms with Crippen molar-refractivity contribution in [1.29, 1.82) is 0 Å². The van der Waals surface area contributed by atoms with Gasteiger partial charge in [0.2, 0.25) is 0 Å². The molecule has 3 aromatic carbocycles. The average molecular weight is 289 g/mol. The molecule has 0 saturated heterocycles. The van der Waals surface area contributed by atoms with Crippen LogP contribution in [0.4, 0.5) is 11.4 Å². The van der Waals surface area contributed by atoms with Gasteiger partial charge in [-0.05, 0) is 36.2 Å². The largest absolute Gasteiger partial charge is 0.489 e. The first-order valence-corrected chi connectivity index (χ1v) is 7.41. The van der Waals surface area contributed by atoms with Crippen molar-refractivity contribution in [2.24, 2.45) is 0 Å². The van der Waals surface area contributed by atoms with E-state index in [1.54, 1.807) is 0 Å². The van der Waals surface area contributed by atoms with E-state index in [9.17, 15) is 0 Å². The van der Waals surface area contributed by atoms with Gasteiger partial charge in [-0.2, -0.15) is 0 Å². The fourth-order valence-electron chi connectivity index (χ4n) is 2.26. The minimum absolute atomic E-state index is 0.580. The first-order valence-electron chi connectivity index (χ1n) is 7.41. The molecule has 0 aliphatic heterocycles. The van der Waals surface area contributed by atoms with Crippen LogP contribution in [0.2, 0.25) is 0 Å². The molecule has 0 heterocycles. The molecule has 2 nitrogen and oxygen atoms in total. The number of hydrogen-bond acceptors (Lipinski definition) is 2. The van der Waals surface area contributed by atoms with E-state index in [2.05, 4.69) is 36.5 Å². The predicted molar refractivity (Wildman–Crippen MR) is 91.7 cm³/mol. The molecular weight excluding hydrogens is 270 g/mol. The van der Waals surface area contributed by atoms with Crippen molar-refractivity contribution in [1.82, 2.24) is 0 Å². The zero-order valence-corrected chi connectivity index (χ0v) is 12.6. The molecule has 0 aromatic heterocycles. The van der Waals surface area contributed by atoms with Crippen LogP contribution in [0.15, 0.2) is 78.9 Å². The molecule has 0 spiro atoms. The Kier molecular flexibility index (Phi) is 4.40. The lowest BCUT2D eigenvalue weighted by atomic mass is 10.2. The highest BCUT2D eigenvalue weighted by Crippen LogP contribution is 2.25. The Morgan fingerprint density at radius 2 is 1.45 bits per heavy atom. The number of nitrogens with one attached hydrogen (secondary N) is 1. The molecular formula is C20H19NO. The second kappa shape index (κ2) is 6.81. The van der Waals surface area contributed by atoms with Crippen LogP contribution < -0.4 is 10.1 Å². The van der Waals surface area contributed by atoms with Gasteiger partial charge in [0.05, 0.1) is 0 Å². The van der Waals surface area contributed by atoms with Crippen LogP contribution in [0, 0.1) is 6.92 Å². The van der Waals surface area contributed by atoms with Gasteiger partial charge in [0.25, 0.3) is 0 Å². The molecule has 0 atom stereocenters. The van der Waals surface area contributed by atoms with E-state index in [1.165, 1.54) is 5.56 Å². The molecule has 0 amide bonds. The average Bonchev–Trinajstić information content (AvgIpc) is 2.57. The Morgan fingerprint density at radius 3 is 2.18 bits per heavy atom. The normalized spacial score (nSPS) is 10.2. The van der Waals surface area contributed by atoms with Gasteiger partial charge in [0.15, 0.2) is 0 Å². The Labute approximate surface area is 131 Å². The molecule has 3 aromatic rings. The number of aryl methyl sites for hydroxylation is 1. The van der Waals surface area contributed by atoms with Crippen molar-refractivity contribution in [3.8, 4) is 5.75 Å². The van der Waals surface area contributed by atoms with E-state index >= 15 is 0 Å². The predicted octanol–water partition coefficient (Wildman–Crippen LogP) is 5.32. The third kappa shape index (κ3) is 3.67. The quantitative estimate of drug-likeness (QED) is 0.686. The summed E-state index contributed by atoms with van der Waals surface area (Å²) in [4.78, 5) is 0. The van der Waals surface area contributed by atoms with E-state index < -0.39 is 0 Å². The fraction of sp³-hybridized carbons (Fsp3) is 0.100. The topological polar surface area (TPSA) is 21.3 Å². The third-order valence-corrected chi connectivity index (χ3v) is 3.49. The minimum Gasteiger partial charge on any atom is -0.489 e. The first-order chi connectivity index (χ1) is 10.8. The van der Waals surface area contributed by atoms with Crippen molar-refractivity contribution in [3.63, 3.8) is 0 Å². The van der Waals surface area contributed by atoms with Crippen LogP contribution in [-0.4, -0.2) is 0 Å². The number of anilines is 2. The SMILES string of the molecule is Cc1ccc(Nc2ccccc2)cc1OCc1ccccc1. The summed E-state index contributed by atoms with van der Waals surface area (Å²) in [5.41, 5.74) is 4.40. The summed E-state index contributed by atoms with van der Waals surface area (Å²) in [5.74, 6) is 0.907. The smallest absolute Gasteiger partial charge is 0.124 e. The molecule has 0 aliphatic rings. The van der Waals surface area contributed by atoms with E-state index in [0.29, 0.717) is 6.61 Å². The number of benzene rings is 3. The monoisotopic (exact) mass is 289 g/mol. The maximum absolute atomic E-state index is 5.96. The van der Waals surface area contributed by atoms with Gasteiger partial charge in [-0.15, -0.1) is 0 Å². The highest BCUT2D eigenvalue weighted by atomic mass is 16.5. The molecule has 0 fully saturated rings. The van der Waals surface area contributed by atoms with Gasteiger partial charge >= 0.3 is 0 Å².